The molecule has 1 aromatic heterocycles. The van der Waals surface area contributed by atoms with Crippen LogP contribution >= 0.6 is 0 Å². The maximum atomic E-state index is 12.2. The second kappa shape index (κ2) is 8.62. The molecule has 1 fully saturated rings. The summed E-state index contributed by atoms with van der Waals surface area (Å²) in [5.74, 6) is 0. The molecular formula is C16H25N3O2. The number of rotatable bonds is 6. The van der Waals surface area contributed by atoms with Gasteiger partial charge >= 0.3 is 6.03 Å². The molecule has 0 aromatic carbocycles. The van der Waals surface area contributed by atoms with Crippen molar-refractivity contribution in [3.05, 3.63) is 30.1 Å². The van der Waals surface area contributed by atoms with Gasteiger partial charge < -0.3 is 15.0 Å². The summed E-state index contributed by atoms with van der Waals surface area (Å²) in [7, 11) is 0. The summed E-state index contributed by atoms with van der Waals surface area (Å²) >= 11 is 0. The Kier molecular flexibility index (Phi) is 6.47. The number of carbonyl (C=O) groups excluding carboxylic acids is 1. The molecule has 1 atom stereocenters. The number of pyridine rings is 1. The molecule has 116 valence electrons. The van der Waals surface area contributed by atoms with Crippen LogP contribution in [0.2, 0.25) is 0 Å². The highest BCUT2D eigenvalue weighted by atomic mass is 16.5. The minimum Gasteiger partial charge on any atom is -0.376 e. The van der Waals surface area contributed by atoms with Crippen molar-refractivity contribution in [2.45, 2.75) is 38.7 Å². The molecular weight excluding hydrogens is 266 g/mol. The average Bonchev–Trinajstić information content (AvgIpc) is 2.54. The van der Waals surface area contributed by atoms with Gasteiger partial charge in [-0.1, -0.05) is 6.92 Å². The van der Waals surface area contributed by atoms with E-state index in [1.807, 2.05) is 17.0 Å². The van der Waals surface area contributed by atoms with Gasteiger partial charge in [-0.3, -0.25) is 4.98 Å². The van der Waals surface area contributed by atoms with Crippen LogP contribution in [0.5, 0.6) is 0 Å². The van der Waals surface area contributed by atoms with Crippen LogP contribution in [0.1, 0.15) is 31.7 Å². The summed E-state index contributed by atoms with van der Waals surface area (Å²) < 4.78 is 5.76. The van der Waals surface area contributed by atoms with Crippen LogP contribution in [0.4, 0.5) is 4.79 Å². The molecule has 0 unspecified atom stereocenters. The fraction of sp³-hybridized carbons (Fsp3) is 0.625. The van der Waals surface area contributed by atoms with Gasteiger partial charge in [-0.05, 0) is 43.4 Å². The van der Waals surface area contributed by atoms with Crippen molar-refractivity contribution in [3.63, 3.8) is 0 Å². The van der Waals surface area contributed by atoms with Crippen molar-refractivity contribution >= 4 is 6.03 Å². The highest BCUT2D eigenvalue weighted by Crippen LogP contribution is 2.13. The largest absolute Gasteiger partial charge is 0.376 e. The van der Waals surface area contributed by atoms with Gasteiger partial charge in [0.2, 0.25) is 0 Å². The normalized spacial score (nSPS) is 18.5. The number of hydrogen-bond acceptors (Lipinski definition) is 3. The first-order chi connectivity index (χ1) is 10.3. The first kappa shape index (κ1) is 15.8. The predicted octanol–water partition coefficient (Wildman–Crippen LogP) is 2.22. The van der Waals surface area contributed by atoms with Crippen LogP contribution < -0.4 is 5.32 Å². The number of aromatic nitrogens is 1. The molecule has 5 nitrogen and oxygen atoms in total. The molecule has 0 aliphatic carbocycles. The van der Waals surface area contributed by atoms with Crippen molar-refractivity contribution in [2.75, 3.05) is 26.2 Å². The molecule has 0 spiro atoms. The van der Waals surface area contributed by atoms with Crippen LogP contribution in [0.25, 0.3) is 0 Å². The van der Waals surface area contributed by atoms with Gasteiger partial charge in [-0.2, -0.15) is 0 Å². The van der Waals surface area contributed by atoms with Gasteiger partial charge in [-0.15, -0.1) is 0 Å². The van der Waals surface area contributed by atoms with Gasteiger partial charge in [0.25, 0.3) is 0 Å². The Morgan fingerprint density at radius 2 is 2.29 bits per heavy atom. The molecule has 2 heterocycles. The number of piperidine rings is 1. The maximum Gasteiger partial charge on any atom is 0.317 e. The Bertz CT molecular complexity index is 425. The fourth-order valence-corrected chi connectivity index (χ4v) is 2.52. The summed E-state index contributed by atoms with van der Waals surface area (Å²) in [5.41, 5.74) is 1.19. The van der Waals surface area contributed by atoms with Crippen LogP contribution in [0.15, 0.2) is 24.5 Å². The topological polar surface area (TPSA) is 54.5 Å². The van der Waals surface area contributed by atoms with E-state index in [-0.39, 0.29) is 12.1 Å². The van der Waals surface area contributed by atoms with Crippen LogP contribution in [-0.2, 0) is 11.2 Å². The van der Waals surface area contributed by atoms with Crippen LogP contribution in [-0.4, -0.2) is 48.3 Å². The Balaban J connectivity index is 1.70. The van der Waals surface area contributed by atoms with Gasteiger partial charge in [0, 0.05) is 38.6 Å². The van der Waals surface area contributed by atoms with E-state index in [1.165, 1.54) is 5.56 Å². The lowest BCUT2D eigenvalue weighted by Gasteiger charge is -2.32. The molecule has 21 heavy (non-hydrogen) atoms. The van der Waals surface area contributed by atoms with E-state index in [0.717, 1.165) is 38.8 Å². The predicted molar refractivity (Wildman–Crippen MR) is 82.2 cm³/mol. The zero-order valence-electron chi connectivity index (χ0n) is 12.8. The van der Waals surface area contributed by atoms with Crippen molar-refractivity contribution in [1.29, 1.82) is 0 Å². The van der Waals surface area contributed by atoms with Crippen molar-refractivity contribution in [1.82, 2.24) is 15.2 Å². The van der Waals surface area contributed by atoms with Crippen LogP contribution in [0, 0.1) is 0 Å². The van der Waals surface area contributed by atoms with E-state index >= 15 is 0 Å². The summed E-state index contributed by atoms with van der Waals surface area (Å²) in [6.45, 7) is 5.07. The quantitative estimate of drug-likeness (QED) is 0.874. The van der Waals surface area contributed by atoms with Crippen molar-refractivity contribution in [3.8, 4) is 0 Å². The fourth-order valence-electron chi connectivity index (χ4n) is 2.52. The lowest BCUT2D eigenvalue weighted by Crippen LogP contribution is -2.48. The molecule has 1 aromatic rings. The monoisotopic (exact) mass is 291 g/mol. The molecule has 0 bridgehead atoms. The van der Waals surface area contributed by atoms with Gasteiger partial charge in [0.05, 0.1) is 6.10 Å². The number of urea groups is 1. The SMILES string of the molecule is CCCO[C@@H]1CCCN(C(=O)NCCc2ccncc2)C1. The third-order valence-corrected chi connectivity index (χ3v) is 3.66. The maximum absolute atomic E-state index is 12.2. The summed E-state index contributed by atoms with van der Waals surface area (Å²) in [6, 6.07) is 3.97. The molecule has 2 rings (SSSR count). The molecule has 0 saturated carbocycles. The third kappa shape index (κ3) is 5.34. The van der Waals surface area contributed by atoms with Crippen LogP contribution in [0.3, 0.4) is 0 Å². The first-order valence-electron chi connectivity index (χ1n) is 7.83. The minimum atomic E-state index is 0.0221. The number of amides is 2. The number of likely N-dealkylation sites (tertiary alicyclic amines) is 1. The highest BCUT2D eigenvalue weighted by molar-refractivity contribution is 5.74. The number of nitrogens with one attached hydrogen (secondary N) is 1. The number of ether oxygens (including phenoxy) is 1. The minimum absolute atomic E-state index is 0.0221. The molecule has 1 aliphatic rings. The molecule has 1 N–H and O–H groups in total. The lowest BCUT2D eigenvalue weighted by atomic mass is 10.1. The number of nitrogens with zero attached hydrogens (tertiary/aromatic N) is 2. The first-order valence-corrected chi connectivity index (χ1v) is 7.83. The molecule has 1 aliphatic heterocycles. The number of carbonyl (C=O) groups is 1. The molecule has 5 heteroatoms. The van der Waals surface area contributed by atoms with Gasteiger partial charge in [0.1, 0.15) is 0 Å². The van der Waals surface area contributed by atoms with Gasteiger partial charge in [0.15, 0.2) is 0 Å². The molecule has 0 radical (unpaired) electrons. The summed E-state index contributed by atoms with van der Waals surface area (Å²) in [6.07, 6.45) is 7.68. The molecule has 1 saturated heterocycles. The number of hydrogen-bond donors (Lipinski definition) is 1. The van der Waals surface area contributed by atoms with E-state index in [2.05, 4.69) is 17.2 Å². The summed E-state index contributed by atoms with van der Waals surface area (Å²) in [4.78, 5) is 18.0. The Morgan fingerprint density at radius 3 is 3.05 bits per heavy atom. The smallest absolute Gasteiger partial charge is 0.317 e. The highest BCUT2D eigenvalue weighted by Gasteiger charge is 2.23. The Labute approximate surface area is 126 Å². The van der Waals surface area contributed by atoms with E-state index in [4.69, 9.17) is 4.74 Å². The van der Waals surface area contributed by atoms with Crippen molar-refractivity contribution in [2.24, 2.45) is 0 Å². The lowest BCUT2D eigenvalue weighted by molar-refractivity contribution is 0.0101. The van der Waals surface area contributed by atoms with E-state index in [9.17, 15) is 4.79 Å². The second-order valence-electron chi connectivity index (χ2n) is 5.42. The molecule has 2 amide bonds. The standard InChI is InChI=1S/C16H25N3O2/c1-2-12-21-15-4-3-11-19(13-15)16(20)18-10-7-14-5-8-17-9-6-14/h5-6,8-9,15H,2-4,7,10-13H2,1H3,(H,18,20)/t15-/m1/s1. The second-order valence-corrected chi connectivity index (χ2v) is 5.42. The Hall–Kier alpha value is -1.62. The van der Waals surface area contributed by atoms with E-state index < -0.39 is 0 Å². The zero-order valence-corrected chi connectivity index (χ0v) is 12.8. The van der Waals surface area contributed by atoms with Gasteiger partial charge in [-0.25, -0.2) is 4.79 Å². The van der Waals surface area contributed by atoms with Crippen molar-refractivity contribution < 1.29 is 9.53 Å². The van der Waals surface area contributed by atoms with E-state index in [1.54, 1.807) is 12.4 Å². The zero-order chi connectivity index (χ0) is 14.9. The average molecular weight is 291 g/mol. The summed E-state index contributed by atoms with van der Waals surface area (Å²) in [5, 5.41) is 2.99. The third-order valence-electron chi connectivity index (χ3n) is 3.66. The van der Waals surface area contributed by atoms with E-state index in [0.29, 0.717) is 13.1 Å². The Morgan fingerprint density at radius 1 is 1.48 bits per heavy atom.